The van der Waals surface area contributed by atoms with Gasteiger partial charge in [0.15, 0.2) is 0 Å². The van der Waals surface area contributed by atoms with Crippen LogP contribution < -0.4 is 11.1 Å². The van der Waals surface area contributed by atoms with Gasteiger partial charge in [-0.1, -0.05) is 30.3 Å². The van der Waals surface area contributed by atoms with Crippen LogP contribution in [-0.4, -0.2) is 45.6 Å². The Kier molecular flexibility index (Phi) is 5.14. The van der Waals surface area contributed by atoms with Gasteiger partial charge in [-0.05, 0) is 18.4 Å². The number of primary amides is 1. The van der Waals surface area contributed by atoms with E-state index in [4.69, 9.17) is 5.73 Å². The topological polar surface area (TPSA) is 93.3 Å². The maximum atomic E-state index is 12.2. The number of aromatic nitrogens is 2. The number of piperidine rings is 1. The Hall–Kier alpha value is -2.67. The highest BCUT2D eigenvalue weighted by Gasteiger charge is 2.30. The summed E-state index contributed by atoms with van der Waals surface area (Å²) in [6.45, 7) is 1.42. The minimum atomic E-state index is -0.420. The number of hydrogen-bond donors (Lipinski definition) is 2. The predicted octanol–water partition coefficient (Wildman–Crippen LogP) is 0.841. The molecule has 0 spiro atoms. The average Bonchev–Trinajstić information content (AvgIpc) is 3.04. The molecule has 3 N–H and O–H groups in total. The van der Waals surface area contributed by atoms with Crippen molar-refractivity contribution >= 4 is 11.8 Å². The molecule has 2 heterocycles. The highest BCUT2D eigenvalue weighted by atomic mass is 16.2. The van der Waals surface area contributed by atoms with Crippen molar-refractivity contribution in [3.63, 3.8) is 0 Å². The van der Waals surface area contributed by atoms with E-state index >= 15 is 0 Å². The Morgan fingerprint density at radius 2 is 1.92 bits per heavy atom. The maximum absolute atomic E-state index is 12.2. The number of benzene rings is 1. The summed E-state index contributed by atoms with van der Waals surface area (Å²) in [7, 11) is 1.78. The van der Waals surface area contributed by atoms with Gasteiger partial charge >= 0.3 is 0 Å². The van der Waals surface area contributed by atoms with Gasteiger partial charge in [0.2, 0.25) is 5.91 Å². The van der Waals surface area contributed by atoms with E-state index < -0.39 is 6.04 Å². The van der Waals surface area contributed by atoms with Gasteiger partial charge in [-0.3, -0.25) is 19.2 Å². The minimum absolute atomic E-state index is 0.0910. The van der Waals surface area contributed by atoms with E-state index in [1.807, 2.05) is 30.3 Å². The third-order valence-corrected chi connectivity index (χ3v) is 4.58. The van der Waals surface area contributed by atoms with Crippen molar-refractivity contribution in [2.45, 2.75) is 24.9 Å². The molecule has 1 aliphatic rings. The minimum Gasteiger partial charge on any atom is -0.368 e. The molecule has 1 aliphatic heterocycles. The molecular formula is C18H23N5O2. The zero-order valence-electron chi connectivity index (χ0n) is 14.3. The predicted molar refractivity (Wildman–Crippen MR) is 93.6 cm³/mol. The van der Waals surface area contributed by atoms with Gasteiger partial charge in [0.25, 0.3) is 5.91 Å². The van der Waals surface area contributed by atoms with Gasteiger partial charge in [-0.25, -0.2) is 0 Å². The SMILES string of the molecule is Cn1cc(C(=O)NC2CCN([C@@H](C(N)=O)c3ccccc3)CC2)cn1. The number of nitrogens with zero attached hydrogens (tertiary/aromatic N) is 3. The lowest BCUT2D eigenvalue weighted by Gasteiger charge is -2.36. The number of amides is 2. The molecule has 0 saturated carbocycles. The largest absolute Gasteiger partial charge is 0.368 e. The molecule has 1 atom stereocenters. The molecule has 1 aromatic heterocycles. The molecule has 0 radical (unpaired) electrons. The van der Waals surface area contributed by atoms with Crippen molar-refractivity contribution in [2.24, 2.45) is 12.8 Å². The maximum Gasteiger partial charge on any atom is 0.254 e. The van der Waals surface area contributed by atoms with Crippen LogP contribution in [0.4, 0.5) is 0 Å². The van der Waals surface area contributed by atoms with E-state index in [0.717, 1.165) is 18.4 Å². The second-order valence-corrected chi connectivity index (χ2v) is 6.40. The van der Waals surface area contributed by atoms with Gasteiger partial charge in [-0.15, -0.1) is 0 Å². The number of hydrogen-bond acceptors (Lipinski definition) is 4. The fourth-order valence-corrected chi connectivity index (χ4v) is 3.30. The third-order valence-electron chi connectivity index (χ3n) is 4.58. The number of aryl methyl sites for hydroxylation is 1. The van der Waals surface area contributed by atoms with Gasteiger partial charge < -0.3 is 11.1 Å². The number of rotatable bonds is 5. The van der Waals surface area contributed by atoms with Crippen molar-refractivity contribution in [2.75, 3.05) is 13.1 Å². The fraction of sp³-hybridized carbons (Fsp3) is 0.389. The summed E-state index contributed by atoms with van der Waals surface area (Å²) < 4.78 is 1.61. The average molecular weight is 341 g/mol. The van der Waals surface area contributed by atoms with Crippen LogP contribution >= 0.6 is 0 Å². The van der Waals surface area contributed by atoms with Gasteiger partial charge in [0.05, 0.1) is 11.8 Å². The summed E-state index contributed by atoms with van der Waals surface area (Å²) in [6.07, 6.45) is 4.82. The van der Waals surface area contributed by atoms with Crippen LogP contribution in [0.5, 0.6) is 0 Å². The van der Waals surface area contributed by atoms with Crippen LogP contribution in [0.15, 0.2) is 42.7 Å². The van der Waals surface area contributed by atoms with Crippen LogP contribution in [0.1, 0.15) is 34.8 Å². The highest BCUT2D eigenvalue weighted by molar-refractivity contribution is 5.93. The highest BCUT2D eigenvalue weighted by Crippen LogP contribution is 2.24. The lowest BCUT2D eigenvalue weighted by molar-refractivity contribution is -0.124. The molecule has 2 aromatic rings. The Labute approximate surface area is 146 Å². The smallest absolute Gasteiger partial charge is 0.254 e. The summed E-state index contributed by atoms with van der Waals surface area (Å²) in [5.41, 5.74) is 7.10. The molecule has 0 bridgehead atoms. The van der Waals surface area contributed by atoms with Crippen molar-refractivity contribution in [3.8, 4) is 0 Å². The van der Waals surface area contributed by atoms with Crippen LogP contribution in [-0.2, 0) is 11.8 Å². The monoisotopic (exact) mass is 341 g/mol. The van der Waals surface area contributed by atoms with Crippen LogP contribution in [0.25, 0.3) is 0 Å². The van der Waals surface area contributed by atoms with E-state index in [2.05, 4.69) is 15.3 Å². The lowest BCUT2D eigenvalue weighted by Crippen LogP contribution is -2.48. The summed E-state index contributed by atoms with van der Waals surface area (Å²) in [5.74, 6) is -0.454. The molecule has 1 fully saturated rings. The fourth-order valence-electron chi connectivity index (χ4n) is 3.30. The van der Waals surface area contributed by atoms with Crippen LogP contribution in [0.2, 0.25) is 0 Å². The zero-order valence-corrected chi connectivity index (χ0v) is 14.3. The number of nitrogens with two attached hydrogens (primary N) is 1. The molecular weight excluding hydrogens is 318 g/mol. The quantitative estimate of drug-likeness (QED) is 0.843. The second kappa shape index (κ2) is 7.48. The Morgan fingerprint density at radius 1 is 1.24 bits per heavy atom. The number of likely N-dealkylation sites (tertiary alicyclic amines) is 1. The molecule has 1 aromatic carbocycles. The summed E-state index contributed by atoms with van der Waals surface area (Å²) in [5, 5.41) is 7.06. The van der Waals surface area contributed by atoms with Gasteiger partial charge in [0, 0.05) is 32.4 Å². The van der Waals surface area contributed by atoms with E-state index in [-0.39, 0.29) is 17.9 Å². The summed E-state index contributed by atoms with van der Waals surface area (Å²) >= 11 is 0. The first-order chi connectivity index (χ1) is 12.0. The Balaban J connectivity index is 1.59. The number of carbonyl (C=O) groups is 2. The Morgan fingerprint density at radius 3 is 2.48 bits per heavy atom. The molecule has 25 heavy (non-hydrogen) atoms. The first-order valence-corrected chi connectivity index (χ1v) is 8.42. The first-order valence-electron chi connectivity index (χ1n) is 8.42. The van der Waals surface area contributed by atoms with Crippen molar-refractivity contribution in [1.29, 1.82) is 0 Å². The van der Waals surface area contributed by atoms with Crippen molar-refractivity contribution in [3.05, 3.63) is 53.9 Å². The molecule has 2 amide bonds. The van der Waals surface area contributed by atoms with Crippen LogP contribution in [0, 0.1) is 0 Å². The van der Waals surface area contributed by atoms with Crippen LogP contribution in [0.3, 0.4) is 0 Å². The molecule has 0 unspecified atom stereocenters. The number of carbonyl (C=O) groups excluding carboxylic acids is 2. The molecule has 7 nitrogen and oxygen atoms in total. The third kappa shape index (κ3) is 4.06. The van der Waals surface area contributed by atoms with Gasteiger partial charge in [-0.2, -0.15) is 5.10 Å². The standard InChI is InChI=1S/C18H23N5O2/c1-22-12-14(11-20-22)18(25)21-15-7-9-23(10-8-15)16(17(19)24)13-5-3-2-4-6-13/h2-6,11-12,15-16H,7-10H2,1H3,(H2,19,24)(H,21,25)/t16-/m1/s1. The number of nitrogens with one attached hydrogen (secondary N) is 1. The zero-order chi connectivity index (χ0) is 17.8. The molecule has 1 saturated heterocycles. The summed E-state index contributed by atoms with van der Waals surface area (Å²) in [4.78, 5) is 26.3. The Bertz CT molecular complexity index is 735. The van der Waals surface area contributed by atoms with E-state index in [1.165, 1.54) is 0 Å². The first kappa shape index (κ1) is 17.2. The van der Waals surface area contributed by atoms with Crippen molar-refractivity contribution in [1.82, 2.24) is 20.0 Å². The molecule has 7 heteroatoms. The lowest BCUT2D eigenvalue weighted by atomic mass is 9.98. The normalized spacial score (nSPS) is 17.2. The molecule has 0 aliphatic carbocycles. The molecule has 132 valence electrons. The van der Waals surface area contributed by atoms with Crippen molar-refractivity contribution < 1.29 is 9.59 Å². The molecule has 3 rings (SSSR count). The van der Waals surface area contributed by atoms with E-state index in [1.54, 1.807) is 24.1 Å². The van der Waals surface area contributed by atoms with Gasteiger partial charge in [0.1, 0.15) is 6.04 Å². The summed E-state index contributed by atoms with van der Waals surface area (Å²) in [6, 6.07) is 9.25. The van der Waals surface area contributed by atoms with E-state index in [9.17, 15) is 9.59 Å². The second-order valence-electron chi connectivity index (χ2n) is 6.40. The van der Waals surface area contributed by atoms with E-state index in [0.29, 0.717) is 18.7 Å².